The highest BCUT2D eigenvalue weighted by atomic mass is 16.5. The second kappa shape index (κ2) is 5.44. The standard InChI is InChI=1S/C16H24N2O2/c1-11(2)9-18-10-16(3,4)20-15-6-5-12(7-13(15)18)14(19)8-17/h5-7,11H,8-10,17H2,1-4H3. The molecule has 1 aliphatic rings. The van der Waals surface area contributed by atoms with Gasteiger partial charge < -0.3 is 15.4 Å². The van der Waals surface area contributed by atoms with Crippen molar-refractivity contribution >= 4 is 11.5 Å². The normalized spacial score (nSPS) is 16.8. The van der Waals surface area contributed by atoms with E-state index in [1.165, 1.54) is 0 Å². The average Bonchev–Trinajstić information content (AvgIpc) is 2.35. The van der Waals surface area contributed by atoms with Crippen LogP contribution in [0, 0.1) is 5.92 Å². The fourth-order valence-corrected chi connectivity index (χ4v) is 2.62. The molecular formula is C16H24N2O2. The van der Waals surface area contributed by atoms with Gasteiger partial charge in [0.1, 0.15) is 11.4 Å². The second-order valence-corrected chi connectivity index (χ2v) is 6.45. The minimum Gasteiger partial charge on any atom is -0.484 e. The molecule has 0 saturated carbocycles. The fraction of sp³-hybridized carbons (Fsp3) is 0.562. The number of ether oxygens (including phenoxy) is 1. The van der Waals surface area contributed by atoms with Crippen LogP contribution in [0.2, 0.25) is 0 Å². The lowest BCUT2D eigenvalue weighted by molar-refractivity contribution is 0.0998. The number of nitrogens with two attached hydrogens (primary N) is 1. The summed E-state index contributed by atoms with van der Waals surface area (Å²) in [5.74, 6) is 1.35. The summed E-state index contributed by atoms with van der Waals surface area (Å²) in [6.07, 6.45) is 0. The van der Waals surface area contributed by atoms with Gasteiger partial charge in [-0.05, 0) is 38.0 Å². The van der Waals surface area contributed by atoms with E-state index < -0.39 is 0 Å². The SMILES string of the molecule is CC(C)CN1CC(C)(C)Oc2ccc(C(=O)CN)cc21. The smallest absolute Gasteiger partial charge is 0.176 e. The van der Waals surface area contributed by atoms with Crippen LogP contribution in [-0.2, 0) is 0 Å². The average molecular weight is 276 g/mol. The lowest BCUT2D eigenvalue weighted by Crippen LogP contribution is -2.48. The predicted octanol–water partition coefficient (Wildman–Crippen LogP) is 2.46. The summed E-state index contributed by atoms with van der Waals surface area (Å²) in [6.45, 7) is 10.4. The number of hydrogen-bond donors (Lipinski definition) is 1. The Morgan fingerprint density at radius 3 is 2.75 bits per heavy atom. The van der Waals surface area contributed by atoms with Gasteiger partial charge >= 0.3 is 0 Å². The van der Waals surface area contributed by atoms with Gasteiger partial charge in [0.25, 0.3) is 0 Å². The number of nitrogens with zero attached hydrogens (tertiary/aromatic N) is 1. The van der Waals surface area contributed by atoms with E-state index in [9.17, 15) is 4.79 Å². The molecule has 0 unspecified atom stereocenters. The molecule has 4 heteroatoms. The Morgan fingerprint density at radius 1 is 1.45 bits per heavy atom. The Balaban J connectivity index is 2.40. The van der Waals surface area contributed by atoms with Crippen molar-refractivity contribution in [3.8, 4) is 5.75 Å². The van der Waals surface area contributed by atoms with Crippen LogP contribution >= 0.6 is 0 Å². The van der Waals surface area contributed by atoms with E-state index >= 15 is 0 Å². The number of fused-ring (bicyclic) bond motifs is 1. The molecule has 0 aliphatic carbocycles. The molecule has 0 bridgehead atoms. The molecule has 1 aromatic carbocycles. The van der Waals surface area contributed by atoms with Crippen molar-refractivity contribution in [3.05, 3.63) is 23.8 Å². The third-order valence-corrected chi connectivity index (χ3v) is 3.35. The third-order valence-electron chi connectivity index (χ3n) is 3.35. The molecule has 0 saturated heterocycles. The van der Waals surface area contributed by atoms with Crippen molar-refractivity contribution in [1.82, 2.24) is 0 Å². The van der Waals surface area contributed by atoms with E-state index in [1.54, 1.807) is 6.07 Å². The molecule has 0 amide bonds. The van der Waals surface area contributed by atoms with E-state index in [1.807, 2.05) is 12.1 Å². The highest BCUT2D eigenvalue weighted by Gasteiger charge is 2.32. The van der Waals surface area contributed by atoms with E-state index in [0.29, 0.717) is 11.5 Å². The van der Waals surface area contributed by atoms with Crippen LogP contribution in [0.15, 0.2) is 18.2 Å². The van der Waals surface area contributed by atoms with Gasteiger partial charge in [-0.3, -0.25) is 4.79 Å². The summed E-state index contributed by atoms with van der Waals surface area (Å²) < 4.78 is 6.02. The van der Waals surface area contributed by atoms with Crippen molar-refractivity contribution < 1.29 is 9.53 Å². The molecule has 0 fully saturated rings. The van der Waals surface area contributed by atoms with Gasteiger partial charge in [0.2, 0.25) is 0 Å². The van der Waals surface area contributed by atoms with Crippen LogP contribution in [0.3, 0.4) is 0 Å². The Labute approximate surface area is 120 Å². The van der Waals surface area contributed by atoms with Crippen LogP contribution in [0.25, 0.3) is 0 Å². The molecule has 110 valence electrons. The first kappa shape index (κ1) is 14.9. The lowest BCUT2D eigenvalue weighted by atomic mass is 10.0. The number of hydrogen-bond acceptors (Lipinski definition) is 4. The van der Waals surface area contributed by atoms with E-state index in [-0.39, 0.29) is 17.9 Å². The largest absolute Gasteiger partial charge is 0.484 e. The van der Waals surface area contributed by atoms with Gasteiger partial charge in [0.05, 0.1) is 18.8 Å². The van der Waals surface area contributed by atoms with Crippen molar-refractivity contribution in [2.24, 2.45) is 11.7 Å². The van der Waals surface area contributed by atoms with Crippen LogP contribution in [0.4, 0.5) is 5.69 Å². The number of carbonyl (C=O) groups excluding carboxylic acids is 1. The summed E-state index contributed by atoms with van der Waals surface area (Å²) in [6, 6.07) is 5.58. The van der Waals surface area contributed by atoms with E-state index in [2.05, 4.69) is 32.6 Å². The van der Waals surface area contributed by atoms with Crippen LogP contribution in [-0.4, -0.2) is 31.0 Å². The van der Waals surface area contributed by atoms with Gasteiger partial charge in [-0.15, -0.1) is 0 Å². The number of ketones is 1. The zero-order valence-corrected chi connectivity index (χ0v) is 12.8. The quantitative estimate of drug-likeness (QED) is 0.858. The minimum absolute atomic E-state index is 0.0370. The number of anilines is 1. The summed E-state index contributed by atoms with van der Waals surface area (Å²) in [5.41, 5.74) is 6.88. The summed E-state index contributed by atoms with van der Waals surface area (Å²) in [7, 11) is 0. The molecule has 4 nitrogen and oxygen atoms in total. The molecule has 1 heterocycles. The van der Waals surface area contributed by atoms with Gasteiger partial charge in [-0.25, -0.2) is 0 Å². The molecule has 20 heavy (non-hydrogen) atoms. The molecule has 1 aromatic rings. The molecule has 2 rings (SSSR count). The maximum absolute atomic E-state index is 11.8. The minimum atomic E-state index is -0.221. The molecule has 0 atom stereocenters. The predicted molar refractivity (Wildman–Crippen MR) is 81.6 cm³/mol. The van der Waals surface area contributed by atoms with Crippen LogP contribution < -0.4 is 15.4 Å². The first-order chi connectivity index (χ1) is 9.32. The number of rotatable bonds is 4. The highest BCUT2D eigenvalue weighted by molar-refractivity contribution is 5.98. The fourth-order valence-electron chi connectivity index (χ4n) is 2.62. The Kier molecular flexibility index (Phi) is 4.04. The number of benzene rings is 1. The molecule has 0 spiro atoms. The number of carbonyl (C=O) groups is 1. The Morgan fingerprint density at radius 2 is 2.15 bits per heavy atom. The molecular weight excluding hydrogens is 252 g/mol. The maximum atomic E-state index is 11.8. The van der Waals surface area contributed by atoms with Gasteiger partial charge in [0.15, 0.2) is 5.78 Å². The first-order valence-electron chi connectivity index (χ1n) is 7.13. The second-order valence-electron chi connectivity index (χ2n) is 6.45. The number of Topliss-reactive ketones (excluding diaryl/α,β-unsaturated/α-hetero) is 1. The summed E-state index contributed by atoms with van der Waals surface area (Å²) in [5, 5.41) is 0. The van der Waals surface area contributed by atoms with E-state index in [4.69, 9.17) is 10.5 Å². The Hall–Kier alpha value is -1.55. The van der Waals surface area contributed by atoms with Crippen molar-refractivity contribution in [3.63, 3.8) is 0 Å². The monoisotopic (exact) mass is 276 g/mol. The highest BCUT2D eigenvalue weighted by Crippen LogP contribution is 2.38. The van der Waals surface area contributed by atoms with Crippen LogP contribution in [0.1, 0.15) is 38.1 Å². The first-order valence-corrected chi connectivity index (χ1v) is 7.13. The summed E-state index contributed by atoms with van der Waals surface area (Å²) in [4.78, 5) is 14.1. The van der Waals surface area contributed by atoms with Crippen LogP contribution in [0.5, 0.6) is 5.75 Å². The van der Waals surface area contributed by atoms with Crippen molar-refractivity contribution in [1.29, 1.82) is 0 Å². The third kappa shape index (κ3) is 3.12. The maximum Gasteiger partial charge on any atom is 0.176 e. The Bertz CT molecular complexity index is 509. The molecule has 0 aromatic heterocycles. The van der Waals surface area contributed by atoms with Gasteiger partial charge in [-0.1, -0.05) is 13.8 Å². The van der Waals surface area contributed by atoms with Gasteiger partial charge in [-0.2, -0.15) is 0 Å². The van der Waals surface area contributed by atoms with E-state index in [0.717, 1.165) is 24.5 Å². The topological polar surface area (TPSA) is 55.6 Å². The van der Waals surface area contributed by atoms with Crippen molar-refractivity contribution in [2.45, 2.75) is 33.3 Å². The van der Waals surface area contributed by atoms with Crippen molar-refractivity contribution in [2.75, 3.05) is 24.5 Å². The zero-order valence-electron chi connectivity index (χ0n) is 12.8. The molecule has 1 aliphatic heterocycles. The summed E-state index contributed by atoms with van der Waals surface area (Å²) >= 11 is 0. The zero-order chi connectivity index (χ0) is 14.9. The lowest BCUT2D eigenvalue weighted by Gasteiger charge is -2.41. The van der Waals surface area contributed by atoms with Gasteiger partial charge in [0, 0.05) is 12.1 Å². The molecule has 0 radical (unpaired) electrons. The molecule has 2 N–H and O–H groups in total.